The highest BCUT2D eigenvalue weighted by Gasteiger charge is 2.24. The molecule has 1 aromatic heterocycles. The van der Waals surface area contributed by atoms with Gasteiger partial charge >= 0.3 is 5.97 Å². The van der Waals surface area contributed by atoms with E-state index in [2.05, 4.69) is 10.4 Å². The molecule has 0 amide bonds. The van der Waals surface area contributed by atoms with E-state index in [4.69, 9.17) is 11.6 Å². The van der Waals surface area contributed by atoms with Gasteiger partial charge in [-0.15, -0.1) is 0 Å². The standard InChI is InChI=1S/C22H24ClN3O3/c1-24-13-5-4-8-20(22(28)29)26-21(27)18-7-3-2-6-17(18)19(25-26)14-15-9-11-16(23)12-10-15/h2-3,6-7,9-12,20,24H,4-5,8,13-14H2,1H3,(H,28,29). The zero-order valence-electron chi connectivity index (χ0n) is 16.3. The number of aliphatic carboxylic acids is 1. The summed E-state index contributed by atoms with van der Waals surface area (Å²) in [6, 6.07) is 13.6. The average Bonchev–Trinajstić information content (AvgIpc) is 2.72. The quantitative estimate of drug-likeness (QED) is 0.523. The largest absolute Gasteiger partial charge is 0.480 e. The maximum absolute atomic E-state index is 13.0. The molecule has 7 heteroatoms. The second-order valence-electron chi connectivity index (χ2n) is 7.00. The number of carboxylic acids is 1. The van der Waals surface area contributed by atoms with Crippen LogP contribution in [0.3, 0.4) is 0 Å². The van der Waals surface area contributed by atoms with Crippen molar-refractivity contribution in [3.8, 4) is 0 Å². The van der Waals surface area contributed by atoms with Gasteiger partial charge in [-0.1, -0.05) is 41.9 Å². The van der Waals surface area contributed by atoms with Crippen LogP contribution in [0.1, 0.15) is 36.6 Å². The number of unbranched alkanes of at least 4 members (excludes halogenated alkanes) is 1. The van der Waals surface area contributed by atoms with Crippen molar-refractivity contribution >= 4 is 28.3 Å². The van der Waals surface area contributed by atoms with E-state index >= 15 is 0 Å². The Hall–Kier alpha value is -2.70. The Morgan fingerprint density at radius 1 is 1.14 bits per heavy atom. The predicted molar refractivity (Wildman–Crippen MR) is 115 cm³/mol. The summed E-state index contributed by atoms with van der Waals surface area (Å²) in [5.41, 5.74) is 1.28. The molecule has 3 rings (SSSR count). The summed E-state index contributed by atoms with van der Waals surface area (Å²) in [6.07, 6.45) is 2.35. The number of rotatable bonds is 9. The monoisotopic (exact) mass is 413 g/mol. The Balaban J connectivity index is 2.04. The van der Waals surface area contributed by atoms with Crippen LogP contribution in [0.25, 0.3) is 10.8 Å². The lowest BCUT2D eigenvalue weighted by atomic mass is 10.0. The molecule has 0 aliphatic rings. The second kappa shape index (κ2) is 9.67. The molecule has 1 heterocycles. The fourth-order valence-corrected chi connectivity index (χ4v) is 3.53. The first-order valence-corrected chi connectivity index (χ1v) is 10.0. The molecule has 0 aliphatic carbocycles. The molecule has 2 aromatic carbocycles. The fourth-order valence-electron chi connectivity index (χ4n) is 3.40. The number of carboxylic acid groups (broad SMARTS) is 1. The molecule has 0 bridgehead atoms. The van der Waals surface area contributed by atoms with Gasteiger partial charge in [-0.2, -0.15) is 5.10 Å². The highest BCUT2D eigenvalue weighted by atomic mass is 35.5. The van der Waals surface area contributed by atoms with Crippen molar-refractivity contribution in [2.24, 2.45) is 0 Å². The molecule has 29 heavy (non-hydrogen) atoms. The predicted octanol–water partition coefficient (Wildman–Crippen LogP) is 3.66. The van der Waals surface area contributed by atoms with Gasteiger partial charge in [-0.05, 0) is 56.6 Å². The average molecular weight is 414 g/mol. The molecule has 0 aliphatic heterocycles. The molecule has 0 fully saturated rings. The number of hydrogen-bond donors (Lipinski definition) is 2. The van der Waals surface area contributed by atoms with Gasteiger partial charge in [-0.25, -0.2) is 9.48 Å². The van der Waals surface area contributed by atoms with Gasteiger partial charge in [0.05, 0.1) is 11.1 Å². The second-order valence-corrected chi connectivity index (χ2v) is 7.44. The van der Waals surface area contributed by atoms with Crippen molar-refractivity contribution in [3.05, 3.63) is 75.2 Å². The van der Waals surface area contributed by atoms with Crippen molar-refractivity contribution in [1.29, 1.82) is 0 Å². The Bertz CT molecular complexity index is 1050. The smallest absolute Gasteiger partial charge is 0.328 e. The van der Waals surface area contributed by atoms with Crippen LogP contribution in [0.2, 0.25) is 5.02 Å². The first-order chi connectivity index (χ1) is 14.0. The van der Waals surface area contributed by atoms with Crippen LogP contribution in [-0.4, -0.2) is 34.4 Å². The molecule has 6 nitrogen and oxygen atoms in total. The molecule has 1 unspecified atom stereocenters. The van der Waals surface area contributed by atoms with Crippen LogP contribution in [0, 0.1) is 0 Å². The maximum Gasteiger partial charge on any atom is 0.328 e. The van der Waals surface area contributed by atoms with Gasteiger partial charge in [-0.3, -0.25) is 4.79 Å². The van der Waals surface area contributed by atoms with Gasteiger partial charge in [0.1, 0.15) is 0 Å². The first-order valence-electron chi connectivity index (χ1n) is 9.63. The fraction of sp³-hybridized carbons (Fsp3) is 0.318. The topological polar surface area (TPSA) is 84.2 Å². The third-order valence-corrected chi connectivity index (χ3v) is 5.18. The molecule has 0 spiro atoms. The molecule has 2 N–H and O–H groups in total. The van der Waals surface area contributed by atoms with Crippen LogP contribution in [0.4, 0.5) is 0 Å². The number of nitrogens with zero attached hydrogens (tertiary/aromatic N) is 2. The normalized spacial score (nSPS) is 12.2. The number of benzene rings is 2. The number of carbonyl (C=O) groups is 1. The van der Waals surface area contributed by atoms with Crippen LogP contribution < -0.4 is 10.9 Å². The van der Waals surface area contributed by atoms with E-state index in [0.29, 0.717) is 35.4 Å². The summed E-state index contributed by atoms with van der Waals surface area (Å²) in [5, 5.41) is 19.2. The minimum Gasteiger partial charge on any atom is -0.480 e. The number of halogens is 1. The summed E-state index contributed by atoms with van der Waals surface area (Å²) in [6.45, 7) is 0.800. The molecule has 0 saturated carbocycles. The minimum atomic E-state index is -1.04. The lowest BCUT2D eigenvalue weighted by molar-refractivity contribution is -0.141. The summed E-state index contributed by atoms with van der Waals surface area (Å²) >= 11 is 5.97. The van der Waals surface area contributed by atoms with Crippen molar-refractivity contribution in [1.82, 2.24) is 15.1 Å². The zero-order chi connectivity index (χ0) is 20.8. The number of aromatic nitrogens is 2. The Kier molecular flexibility index (Phi) is 7.01. The van der Waals surface area contributed by atoms with Gasteiger partial charge in [0, 0.05) is 16.8 Å². The van der Waals surface area contributed by atoms with Crippen LogP contribution in [-0.2, 0) is 11.2 Å². The van der Waals surface area contributed by atoms with Crippen molar-refractivity contribution in [2.75, 3.05) is 13.6 Å². The molecule has 0 radical (unpaired) electrons. The third kappa shape index (κ3) is 5.02. The van der Waals surface area contributed by atoms with E-state index in [0.717, 1.165) is 28.6 Å². The zero-order valence-corrected chi connectivity index (χ0v) is 17.0. The number of hydrogen-bond acceptors (Lipinski definition) is 4. The van der Waals surface area contributed by atoms with E-state index in [1.165, 1.54) is 0 Å². The lowest BCUT2D eigenvalue weighted by Gasteiger charge is -2.17. The lowest BCUT2D eigenvalue weighted by Crippen LogP contribution is -2.33. The van der Waals surface area contributed by atoms with Gasteiger partial charge in [0.25, 0.3) is 5.56 Å². The molecule has 0 saturated heterocycles. The summed E-state index contributed by atoms with van der Waals surface area (Å²) in [5.74, 6) is -1.04. The van der Waals surface area contributed by atoms with Crippen LogP contribution in [0.5, 0.6) is 0 Å². The van der Waals surface area contributed by atoms with Gasteiger partial charge in [0.15, 0.2) is 6.04 Å². The first kappa shape index (κ1) is 21.0. The van der Waals surface area contributed by atoms with Crippen molar-refractivity contribution in [3.63, 3.8) is 0 Å². The highest BCUT2D eigenvalue weighted by Crippen LogP contribution is 2.21. The van der Waals surface area contributed by atoms with E-state index in [9.17, 15) is 14.7 Å². The maximum atomic E-state index is 13.0. The number of fused-ring (bicyclic) bond motifs is 1. The van der Waals surface area contributed by atoms with Crippen LogP contribution >= 0.6 is 11.6 Å². The number of nitrogens with one attached hydrogen (secondary N) is 1. The van der Waals surface area contributed by atoms with Gasteiger partial charge in [0.2, 0.25) is 0 Å². The molecule has 1 atom stereocenters. The van der Waals surface area contributed by atoms with E-state index in [1.807, 2.05) is 31.3 Å². The molecular weight excluding hydrogens is 390 g/mol. The summed E-state index contributed by atoms with van der Waals surface area (Å²) in [4.78, 5) is 24.9. The van der Waals surface area contributed by atoms with E-state index in [1.54, 1.807) is 24.3 Å². The summed E-state index contributed by atoms with van der Waals surface area (Å²) < 4.78 is 1.15. The Labute approximate surface area is 174 Å². The van der Waals surface area contributed by atoms with E-state index < -0.39 is 12.0 Å². The van der Waals surface area contributed by atoms with Crippen LogP contribution in [0.15, 0.2) is 53.3 Å². The molecule has 152 valence electrons. The Morgan fingerprint density at radius 2 is 1.83 bits per heavy atom. The van der Waals surface area contributed by atoms with E-state index in [-0.39, 0.29) is 5.56 Å². The van der Waals surface area contributed by atoms with Crippen molar-refractivity contribution < 1.29 is 9.90 Å². The van der Waals surface area contributed by atoms with Crippen molar-refractivity contribution in [2.45, 2.75) is 31.7 Å². The van der Waals surface area contributed by atoms with Gasteiger partial charge < -0.3 is 10.4 Å². The third-order valence-electron chi connectivity index (χ3n) is 4.92. The Morgan fingerprint density at radius 3 is 2.48 bits per heavy atom. The highest BCUT2D eigenvalue weighted by molar-refractivity contribution is 6.30. The molecular formula is C22H24ClN3O3. The molecule has 3 aromatic rings. The SMILES string of the molecule is CNCCCCC(C(=O)O)n1nc(Cc2ccc(Cl)cc2)c2ccccc2c1=O. The summed E-state index contributed by atoms with van der Waals surface area (Å²) in [7, 11) is 1.85. The minimum absolute atomic E-state index is 0.350.